The Balaban J connectivity index is 0.00000168. The second-order valence-corrected chi connectivity index (χ2v) is 6.58. The number of rotatable bonds is 3. The molecular formula is C18H20ClN5O2. The summed E-state index contributed by atoms with van der Waals surface area (Å²) in [4.78, 5) is 4.75. The van der Waals surface area contributed by atoms with Gasteiger partial charge in [0.25, 0.3) is 5.89 Å². The molecule has 8 heteroatoms. The first-order valence-corrected chi connectivity index (χ1v) is 8.66. The molecule has 4 heterocycles. The fourth-order valence-electron chi connectivity index (χ4n) is 3.76. The van der Waals surface area contributed by atoms with Crippen LogP contribution in [0.25, 0.3) is 11.4 Å². The van der Waals surface area contributed by atoms with Gasteiger partial charge in [-0.15, -0.1) is 12.4 Å². The fraction of sp³-hybridized carbons (Fsp3) is 0.389. The largest absolute Gasteiger partial charge is 0.493 e. The third kappa shape index (κ3) is 2.68. The van der Waals surface area contributed by atoms with Crippen LogP contribution >= 0.6 is 12.4 Å². The summed E-state index contributed by atoms with van der Waals surface area (Å²) in [5, 5.41) is 12.1. The maximum Gasteiger partial charge on any atom is 0.255 e. The summed E-state index contributed by atoms with van der Waals surface area (Å²) < 4.78 is 13.3. The van der Waals surface area contributed by atoms with E-state index in [9.17, 15) is 0 Å². The van der Waals surface area contributed by atoms with Crippen molar-refractivity contribution in [3.05, 3.63) is 48.1 Å². The van der Waals surface area contributed by atoms with Crippen LogP contribution in [0.1, 0.15) is 24.3 Å². The van der Waals surface area contributed by atoms with E-state index < -0.39 is 0 Å². The van der Waals surface area contributed by atoms with Crippen molar-refractivity contribution in [1.82, 2.24) is 25.2 Å². The van der Waals surface area contributed by atoms with Crippen LogP contribution in [0.2, 0.25) is 0 Å². The summed E-state index contributed by atoms with van der Waals surface area (Å²) in [5.41, 5.74) is 1.79. The van der Waals surface area contributed by atoms with Gasteiger partial charge in [0.2, 0.25) is 5.82 Å². The highest BCUT2D eigenvalue weighted by molar-refractivity contribution is 5.85. The number of piperidine rings is 1. The molecule has 2 aliphatic rings. The molecule has 0 radical (unpaired) electrons. The van der Waals surface area contributed by atoms with Crippen LogP contribution < -0.4 is 10.1 Å². The van der Waals surface area contributed by atoms with Crippen LogP contribution in [0, 0.1) is 0 Å². The zero-order valence-corrected chi connectivity index (χ0v) is 15.0. The highest BCUT2D eigenvalue weighted by Crippen LogP contribution is 2.35. The second-order valence-electron chi connectivity index (χ2n) is 6.58. The number of halogens is 1. The molecule has 0 bridgehead atoms. The quantitative estimate of drug-likeness (QED) is 0.759. The van der Waals surface area contributed by atoms with E-state index >= 15 is 0 Å². The van der Waals surface area contributed by atoms with E-state index in [1.54, 1.807) is 6.20 Å². The molecule has 7 nitrogen and oxygen atoms in total. The molecular weight excluding hydrogens is 354 g/mol. The Bertz CT molecular complexity index is 887. The van der Waals surface area contributed by atoms with E-state index in [0.29, 0.717) is 11.7 Å². The lowest BCUT2D eigenvalue weighted by Crippen LogP contribution is -2.45. The number of aromatic nitrogens is 4. The first kappa shape index (κ1) is 17.1. The van der Waals surface area contributed by atoms with Gasteiger partial charge in [-0.2, -0.15) is 10.1 Å². The molecule has 0 saturated carbocycles. The Morgan fingerprint density at radius 3 is 2.88 bits per heavy atom. The summed E-state index contributed by atoms with van der Waals surface area (Å²) in [5.74, 6) is 2.21. The molecule has 3 aromatic rings. The van der Waals surface area contributed by atoms with Gasteiger partial charge in [0.1, 0.15) is 11.3 Å². The molecule has 0 amide bonds. The van der Waals surface area contributed by atoms with Gasteiger partial charge < -0.3 is 14.6 Å². The lowest BCUT2D eigenvalue weighted by atomic mass is 9.88. The fourth-order valence-corrected chi connectivity index (χ4v) is 3.76. The van der Waals surface area contributed by atoms with Gasteiger partial charge in [-0.3, -0.25) is 4.68 Å². The topological polar surface area (TPSA) is 78.0 Å². The zero-order chi connectivity index (χ0) is 16.7. The molecule has 1 aromatic carbocycles. The van der Waals surface area contributed by atoms with E-state index in [1.165, 1.54) is 5.56 Å². The van der Waals surface area contributed by atoms with Crippen molar-refractivity contribution < 1.29 is 9.26 Å². The van der Waals surface area contributed by atoms with Gasteiger partial charge in [0.05, 0.1) is 6.61 Å². The average Bonchev–Trinajstić information content (AvgIpc) is 3.43. The van der Waals surface area contributed by atoms with Crippen LogP contribution in [-0.4, -0.2) is 39.6 Å². The van der Waals surface area contributed by atoms with Crippen LogP contribution in [0.5, 0.6) is 5.75 Å². The Labute approximate surface area is 157 Å². The van der Waals surface area contributed by atoms with Gasteiger partial charge in [-0.05, 0) is 55.8 Å². The molecule has 26 heavy (non-hydrogen) atoms. The van der Waals surface area contributed by atoms with Crippen molar-refractivity contribution in [1.29, 1.82) is 0 Å². The Morgan fingerprint density at radius 1 is 1.19 bits per heavy atom. The van der Waals surface area contributed by atoms with Crippen molar-refractivity contribution in [3.8, 4) is 17.1 Å². The summed E-state index contributed by atoms with van der Waals surface area (Å²) in [6.45, 7) is 2.53. The molecule has 0 aliphatic carbocycles. The Kier molecular flexibility index (Phi) is 4.42. The summed E-state index contributed by atoms with van der Waals surface area (Å²) in [6, 6.07) is 8.00. The van der Waals surface area contributed by atoms with Crippen LogP contribution in [-0.2, 0) is 12.0 Å². The summed E-state index contributed by atoms with van der Waals surface area (Å²) >= 11 is 0. The third-order valence-electron chi connectivity index (χ3n) is 5.15. The summed E-state index contributed by atoms with van der Waals surface area (Å²) in [7, 11) is 0. The van der Waals surface area contributed by atoms with Gasteiger partial charge in [0, 0.05) is 24.4 Å². The van der Waals surface area contributed by atoms with E-state index in [1.807, 2.05) is 29.1 Å². The highest BCUT2D eigenvalue weighted by Gasteiger charge is 2.41. The maximum atomic E-state index is 5.72. The smallest absolute Gasteiger partial charge is 0.255 e. The van der Waals surface area contributed by atoms with Crippen molar-refractivity contribution >= 4 is 12.4 Å². The van der Waals surface area contributed by atoms with Gasteiger partial charge in [0.15, 0.2) is 0 Å². The lowest BCUT2D eigenvalue weighted by Gasteiger charge is -2.34. The van der Waals surface area contributed by atoms with E-state index in [0.717, 1.165) is 50.3 Å². The van der Waals surface area contributed by atoms with Crippen LogP contribution in [0.15, 0.2) is 41.2 Å². The number of benzene rings is 1. The molecule has 1 fully saturated rings. The molecule has 2 aliphatic heterocycles. The minimum absolute atomic E-state index is 0. The van der Waals surface area contributed by atoms with E-state index in [2.05, 4.69) is 21.6 Å². The van der Waals surface area contributed by atoms with Gasteiger partial charge in [-0.25, -0.2) is 0 Å². The lowest BCUT2D eigenvalue weighted by molar-refractivity contribution is 0.172. The van der Waals surface area contributed by atoms with Crippen molar-refractivity contribution in [2.75, 3.05) is 19.7 Å². The second kappa shape index (κ2) is 6.74. The minimum Gasteiger partial charge on any atom is -0.493 e. The predicted molar refractivity (Wildman–Crippen MR) is 97.6 cm³/mol. The molecule has 5 rings (SSSR count). The summed E-state index contributed by atoms with van der Waals surface area (Å²) in [6.07, 6.45) is 6.43. The van der Waals surface area contributed by atoms with Crippen molar-refractivity contribution in [3.63, 3.8) is 0 Å². The average molecular weight is 374 g/mol. The number of ether oxygens (including phenoxy) is 1. The molecule has 2 aromatic heterocycles. The number of nitrogens with zero attached hydrogens (tertiary/aromatic N) is 4. The number of hydrogen-bond donors (Lipinski definition) is 1. The van der Waals surface area contributed by atoms with Crippen molar-refractivity contribution in [2.24, 2.45) is 0 Å². The maximum absolute atomic E-state index is 5.72. The van der Waals surface area contributed by atoms with Crippen LogP contribution in [0.3, 0.4) is 0 Å². The molecule has 0 spiro atoms. The number of nitrogens with one attached hydrogen (secondary N) is 1. The number of hydrogen-bond acceptors (Lipinski definition) is 6. The van der Waals surface area contributed by atoms with E-state index in [-0.39, 0.29) is 17.9 Å². The Hall–Kier alpha value is -2.38. The predicted octanol–water partition coefficient (Wildman–Crippen LogP) is 2.42. The van der Waals surface area contributed by atoms with Gasteiger partial charge in [-0.1, -0.05) is 5.16 Å². The SMILES string of the molecule is Cl.c1cnn(C2(c3nc(-c4ccc5c(c4)CCO5)no3)CCNCC2)c1. The Morgan fingerprint density at radius 2 is 2.08 bits per heavy atom. The third-order valence-corrected chi connectivity index (χ3v) is 5.15. The molecule has 0 atom stereocenters. The first-order chi connectivity index (χ1) is 12.4. The molecule has 0 unspecified atom stereocenters. The first-order valence-electron chi connectivity index (χ1n) is 8.66. The molecule has 1 N–H and O–H groups in total. The monoisotopic (exact) mass is 373 g/mol. The van der Waals surface area contributed by atoms with Crippen LogP contribution in [0.4, 0.5) is 0 Å². The normalized spacial score (nSPS) is 18.0. The van der Waals surface area contributed by atoms with E-state index in [4.69, 9.17) is 14.2 Å². The highest BCUT2D eigenvalue weighted by atomic mass is 35.5. The zero-order valence-electron chi connectivity index (χ0n) is 14.2. The standard InChI is InChI=1S/C18H19N5O2.ClH/c1-7-20-23(10-1)18(5-8-19-9-6-18)17-21-16(22-25-17)14-2-3-15-13(12-14)4-11-24-15;/h1-3,7,10,12,19H,4-6,8-9,11H2;1H. The molecule has 1 saturated heterocycles. The van der Waals surface area contributed by atoms with Gasteiger partial charge >= 0.3 is 0 Å². The number of fused-ring (bicyclic) bond motifs is 1. The van der Waals surface area contributed by atoms with Crippen molar-refractivity contribution in [2.45, 2.75) is 24.8 Å². The molecule has 136 valence electrons. The minimum atomic E-state index is -0.375.